The quantitative estimate of drug-likeness (QED) is 0.135. The number of aryl methyl sites for hydroxylation is 10. The molecule has 68 heavy (non-hydrogen) atoms. The van der Waals surface area contributed by atoms with Gasteiger partial charge in [-0.25, -0.2) is 18.3 Å². The Hall–Kier alpha value is -6.52. The van der Waals surface area contributed by atoms with Crippen molar-refractivity contribution in [3.63, 3.8) is 0 Å². The van der Waals surface area contributed by atoms with Crippen molar-refractivity contribution in [2.24, 2.45) is 34.1 Å². The molecule has 0 amide bonds. The van der Waals surface area contributed by atoms with Crippen molar-refractivity contribution in [2.45, 2.75) is 101 Å². The summed E-state index contributed by atoms with van der Waals surface area (Å²) in [6, 6.07) is 45.9. The lowest BCUT2D eigenvalue weighted by Gasteiger charge is -2.11. The van der Waals surface area contributed by atoms with Gasteiger partial charge in [0.25, 0.3) is 0 Å². The van der Waals surface area contributed by atoms with E-state index < -0.39 is 31.9 Å². The van der Waals surface area contributed by atoms with Gasteiger partial charge in [0, 0.05) is 84.0 Å². The van der Waals surface area contributed by atoms with E-state index in [1.54, 1.807) is 24.3 Å². The highest BCUT2D eigenvalue weighted by Crippen LogP contribution is 2.27. The first-order valence-electron chi connectivity index (χ1n) is 28.4. The number of pyridine rings is 4. The third-order valence-corrected chi connectivity index (χ3v) is 12.2. The van der Waals surface area contributed by atoms with Crippen molar-refractivity contribution in [3.05, 3.63) is 214 Å². The van der Waals surface area contributed by atoms with E-state index in [2.05, 4.69) is 144 Å². The zero-order valence-electron chi connectivity index (χ0n) is 53.0. The number of hydrogen-bond acceptors (Lipinski definition) is 0. The lowest BCUT2D eigenvalue weighted by atomic mass is 9.96. The van der Waals surface area contributed by atoms with E-state index in [1.807, 2.05) is 98.0 Å². The molecule has 4 heterocycles. The summed E-state index contributed by atoms with van der Waals surface area (Å²) in [7, 11) is 8.11. The van der Waals surface area contributed by atoms with Crippen LogP contribution in [-0.2, 0) is 34.6 Å². The number of benzene rings is 4. The third-order valence-electron chi connectivity index (χ3n) is 12.2. The largest absolute Gasteiger partial charge is 0.212 e. The number of nitrogens with zero attached hydrogens (tertiary/aromatic N) is 4. The average molecular weight is 915 g/mol. The lowest BCUT2D eigenvalue weighted by Crippen LogP contribution is -2.32. The summed E-state index contributed by atoms with van der Waals surface area (Å²) >= 11 is 0. The molecule has 8 aromatic rings. The molecular formula is C64H80N4+4. The van der Waals surface area contributed by atoms with Gasteiger partial charge < -0.3 is 0 Å². The van der Waals surface area contributed by atoms with Gasteiger partial charge in [0.2, 0.25) is 22.8 Å². The summed E-state index contributed by atoms with van der Waals surface area (Å²) in [5.41, 5.74) is 18.5. The van der Waals surface area contributed by atoms with Gasteiger partial charge >= 0.3 is 0 Å². The first-order valence-corrected chi connectivity index (χ1v) is 23.4. The van der Waals surface area contributed by atoms with Crippen molar-refractivity contribution in [3.8, 4) is 45.0 Å². The van der Waals surface area contributed by atoms with Crippen molar-refractivity contribution in [1.82, 2.24) is 0 Å². The summed E-state index contributed by atoms with van der Waals surface area (Å²) < 4.78 is 86.3. The first kappa shape index (κ1) is 39.5. The summed E-state index contributed by atoms with van der Waals surface area (Å²) in [6.45, 7) is 14.4. The third kappa shape index (κ3) is 14.0. The van der Waals surface area contributed by atoms with Crippen LogP contribution in [0.2, 0.25) is 0 Å². The van der Waals surface area contributed by atoms with Gasteiger partial charge in [-0.2, -0.15) is 0 Å². The molecule has 0 aliphatic heterocycles. The molecule has 0 fully saturated rings. The van der Waals surface area contributed by atoms with Crippen LogP contribution in [0.25, 0.3) is 45.0 Å². The van der Waals surface area contributed by atoms with E-state index in [1.165, 1.54) is 57.3 Å². The fourth-order valence-electron chi connectivity index (χ4n) is 8.35. The van der Waals surface area contributed by atoms with Crippen LogP contribution in [0.3, 0.4) is 0 Å². The van der Waals surface area contributed by atoms with Gasteiger partial charge in [0.1, 0.15) is 28.2 Å². The maximum absolute atomic E-state index is 8.25. The van der Waals surface area contributed by atoms with Crippen LogP contribution >= 0.6 is 0 Å². The Labute approximate surface area is 425 Å². The average Bonchev–Trinajstić information content (AvgIpc) is 3.37. The Morgan fingerprint density at radius 1 is 0.456 bits per heavy atom. The fourth-order valence-corrected chi connectivity index (χ4v) is 8.35. The molecule has 4 aromatic heterocycles. The van der Waals surface area contributed by atoms with Crippen molar-refractivity contribution in [2.75, 3.05) is 0 Å². The zero-order valence-corrected chi connectivity index (χ0v) is 43.0. The Kier molecular flexibility index (Phi) is 14.2. The van der Waals surface area contributed by atoms with E-state index >= 15 is 0 Å². The molecule has 4 nitrogen and oxygen atoms in total. The van der Waals surface area contributed by atoms with Gasteiger partial charge in [-0.1, -0.05) is 102 Å². The highest BCUT2D eigenvalue weighted by atomic mass is 14.9. The molecule has 0 saturated carbocycles. The highest BCUT2D eigenvalue weighted by Gasteiger charge is 2.18. The Balaban J connectivity index is 0.000000194. The molecule has 0 saturated heterocycles. The molecule has 4 heteroatoms. The van der Waals surface area contributed by atoms with Gasteiger partial charge in [-0.05, 0) is 147 Å². The second-order valence-corrected chi connectivity index (χ2v) is 18.2. The second kappa shape index (κ2) is 24.5. The fraction of sp³-hybridized carbons (Fsp3) is 0.312. The van der Waals surface area contributed by atoms with E-state index in [4.69, 9.17) is 13.7 Å². The topological polar surface area (TPSA) is 15.5 Å². The molecule has 0 N–H and O–H groups in total. The monoisotopic (exact) mass is 915 g/mol. The highest BCUT2D eigenvalue weighted by molar-refractivity contribution is 5.64. The SMILES string of the molecule is Cc1ccc(C)c(-c2cccc[n+]2C)c1.Cc1ccccc1-c1cc(C)c(C(C)C)c[n+]1C.[2H]C([2H])([2H])C([2H])(C)C([2H])([2H])c1ccc(-c2cccc[n+]2C)c(C)c1.[2H]C([2H])([2H])C([2H])(C)c1ccc(-c2cccc[n+]2C)c(C)c1. The van der Waals surface area contributed by atoms with Crippen LogP contribution in [0.5, 0.6) is 0 Å². The van der Waals surface area contributed by atoms with Crippen LogP contribution in [-0.4, -0.2) is 0 Å². The molecule has 2 atom stereocenters. The van der Waals surface area contributed by atoms with Crippen molar-refractivity contribution in [1.29, 1.82) is 0 Å². The van der Waals surface area contributed by atoms with Gasteiger partial charge in [-0.15, -0.1) is 0 Å². The maximum atomic E-state index is 8.25. The lowest BCUT2D eigenvalue weighted by molar-refractivity contribution is -0.661. The zero-order chi connectivity index (χ0) is 58.3. The van der Waals surface area contributed by atoms with Gasteiger partial charge in [0.15, 0.2) is 24.8 Å². The normalized spacial score (nSPS) is 15.3. The first-order chi connectivity index (χ1) is 36.2. The molecule has 0 bridgehead atoms. The Bertz CT molecular complexity index is 3360. The standard InChI is InChI=1S/2C17H22N.C16H20N.C14H16N/c1-12(2)16-11-18(5)17(10-14(16)4)15-9-7-6-8-13(15)3;1-13(2)11-15-8-9-16(14(3)12-15)17-7-5-6-10-18(17)4;1-12(2)14-8-9-15(13(3)11-14)16-7-5-6-10-17(16)4;1-11-7-8-12(2)13(10-11)14-6-4-5-9-15(14)3/h6-12H,1-5H3;5-10,12-13H,11H2,1-4H3;5-12H,1-4H3;4-10H,1-3H3/q4*+1/i;1D3,11D2,13D;1D3,12D;. The molecule has 0 spiro atoms. The Morgan fingerprint density at radius 2 is 0.971 bits per heavy atom. The predicted octanol–water partition coefficient (Wildman–Crippen LogP) is 14.0. The van der Waals surface area contributed by atoms with E-state index in [0.717, 1.165) is 40.6 Å². The van der Waals surface area contributed by atoms with Crippen LogP contribution in [0.4, 0.5) is 0 Å². The minimum Gasteiger partial charge on any atom is -0.201 e. The number of aromatic nitrogens is 4. The molecule has 2 unspecified atom stereocenters. The van der Waals surface area contributed by atoms with Crippen LogP contribution in [0.1, 0.15) is 117 Å². The van der Waals surface area contributed by atoms with Crippen LogP contribution in [0.15, 0.2) is 164 Å². The minimum atomic E-state index is -2.73. The van der Waals surface area contributed by atoms with Crippen molar-refractivity contribution >= 4 is 0 Å². The van der Waals surface area contributed by atoms with E-state index in [-0.39, 0.29) is 5.56 Å². The smallest absolute Gasteiger partial charge is 0.201 e. The summed E-state index contributed by atoms with van der Waals surface area (Å²) in [6.07, 6.45) is 5.94. The number of rotatable bonds is 8. The molecule has 0 aliphatic rings. The second-order valence-electron chi connectivity index (χ2n) is 18.2. The minimum absolute atomic E-state index is 0.205. The summed E-state index contributed by atoms with van der Waals surface area (Å²) in [5.74, 6) is -3.28. The van der Waals surface area contributed by atoms with Gasteiger partial charge in [-0.3, -0.25) is 0 Å². The molecular weight excluding hydrogens is 825 g/mol. The molecule has 4 aromatic carbocycles. The summed E-state index contributed by atoms with van der Waals surface area (Å²) in [4.78, 5) is 0. The maximum Gasteiger partial charge on any atom is 0.212 e. The van der Waals surface area contributed by atoms with E-state index in [0.29, 0.717) is 11.5 Å². The molecule has 0 aliphatic carbocycles. The number of hydrogen-bond donors (Lipinski definition) is 0. The predicted molar refractivity (Wildman–Crippen MR) is 287 cm³/mol. The summed E-state index contributed by atoms with van der Waals surface area (Å²) in [5, 5.41) is 0. The van der Waals surface area contributed by atoms with Crippen molar-refractivity contribution < 1.29 is 32.0 Å². The van der Waals surface area contributed by atoms with Gasteiger partial charge in [0.05, 0.1) is 0 Å². The molecule has 352 valence electrons. The molecule has 0 radical (unpaired) electrons. The van der Waals surface area contributed by atoms with E-state index in [9.17, 15) is 0 Å². The van der Waals surface area contributed by atoms with Crippen LogP contribution < -0.4 is 18.3 Å². The Morgan fingerprint density at radius 3 is 1.49 bits per heavy atom. The molecule has 8 rings (SSSR count). The van der Waals surface area contributed by atoms with Crippen LogP contribution in [0, 0.1) is 47.4 Å².